The number of carbonyl (C=O) groups is 1. The third kappa shape index (κ3) is 3.41. The third-order valence-corrected chi connectivity index (χ3v) is 4.62. The molecule has 0 saturated carbocycles. The maximum absolute atomic E-state index is 12.4. The van der Waals surface area contributed by atoms with E-state index in [9.17, 15) is 4.79 Å². The van der Waals surface area contributed by atoms with Crippen molar-refractivity contribution < 1.29 is 4.79 Å². The number of likely N-dealkylation sites (N-methyl/N-ethyl adjacent to an activating group) is 1. The molecule has 2 aliphatic rings. The minimum Gasteiger partial charge on any atom is -0.367 e. The Kier molecular flexibility index (Phi) is 4.69. The summed E-state index contributed by atoms with van der Waals surface area (Å²) in [4.78, 5) is 21.7. The molecular weight excluding hydrogens is 292 g/mol. The van der Waals surface area contributed by atoms with Crippen molar-refractivity contribution in [3.63, 3.8) is 0 Å². The quantitative estimate of drug-likeness (QED) is 0.485. The summed E-state index contributed by atoms with van der Waals surface area (Å²) < 4.78 is 0. The number of nitrogens with zero attached hydrogens (tertiary/aromatic N) is 6. The number of rotatable bonds is 4. The molecule has 3 rings (SSSR count). The number of hydrogen-bond acceptors (Lipinski definition) is 4. The Labute approximate surface area is 136 Å². The predicted molar refractivity (Wildman–Crippen MR) is 90.6 cm³/mol. The van der Waals surface area contributed by atoms with E-state index in [0.717, 1.165) is 37.6 Å². The van der Waals surface area contributed by atoms with E-state index in [4.69, 9.17) is 5.53 Å². The summed E-state index contributed by atoms with van der Waals surface area (Å²) in [5.41, 5.74) is 10.6. The summed E-state index contributed by atoms with van der Waals surface area (Å²) in [5, 5.41) is 3.62. The lowest BCUT2D eigenvalue weighted by Crippen LogP contribution is -2.45. The van der Waals surface area contributed by atoms with E-state index < -0.39 is 0 Å². The van der Waals surface area contributed by atoms with Gasteiger partial charge in [-0.3, -0.25) is 4.79 Å². The molecule has 1 aromatic rings. The molecule has 1 amide bonds. The Morgan fingerprint density at radius 2 is 1.91 bits per heavy atom. The molecule has 2 saturated heterocycles. The summed E-state index contributed by atoms with van der Waals surface area (Å²) >= 11 is 0. The zero-order chi connectivity index (χ0) is 16.2. The van der Waals surface area contributed by atoms with Gasteiger partial charge >= 0.3 is 0 Å². The molecular formula is C16H22N6O. The van der Waals surface area contributed by atoms with Crippen LogP contribution in [0.15, 0.2) is 29.4 Å². The minimum absolute atomic E-state index is 0.110. The number of carbonyl (C=O) groups excluding carboxylic acids is 1. The highest BCUT2D eigenvalue weighted by Gasteiger charge is 2.32. The Bertz CT molecular complexity index is 619. The normalized spacial score (nSPS) is 22.3. The highest BCUT2D eigenvalue weighted by atomic mass is 16.2. The molecule has 7 nitrogen and oxygen atoms in total. The number of piperazine rings is 1. The Morgan fingerprint density at radius 1 is 1.22 bits per heavy atom. The van der Waals surface area contributed by atoms with Crippen molar-refractivity contribution in [2.45, 2.75) is 6.42 Å². The first kappa shape index (κ1) is 15.6. The smallest absolute Gasteiger partial charge is 0.227 e. The second-order valence-corrected chi connectivity index (χ2v) is 6.27. The molecule has 2 heterocycles. The van der Waals surface area contributed by atoms with Crippen LogP contribution in [-0.4, -0.2) is 57.1 Å². The van der Waals surface area contributed by atoms with Crippen molar-refractivity contribution in [1.29, 1.82) is 0 Å². The highest BCUT2D eigenvalue weighted by Crippen LogP contribution is 2.34. The monoisotopic (exact) mass is 314 g/mol. The Morgan fingerprint density at radius 3 is 2.61 bits per heavy atom. The molecule has 0 aliphatic carbocycles. The molecule has 0 spiro atoms. The molecule has 2 fully saturated rings. The number of azide groups is 1. The Hall–Kier alpha value is -2.24. The molecule has 0 N–H and O–H groups in total. The van der Waals surface area contributed by atoms with Crippen LogP contribution in [0.25, 0.3) is 10.4 Å². The molecule has 0 bridgehead atoms. The summed E-state index contributed by atoms with van der Waals surface area (Å²) in [6.07, 6.45) is 0.454. The standard InChI is InChI=1S/C16H22N6O/c1-20-6-8-21(9-7-20)14-4-2-3-5-15(14)22-12-13(10-16(22)23)11-18-19-17/h2-5,13H,6-12H2,1H3. The lowest BCUT2D eigenvalue weighted by atomic mass is 10.1. The van der Waals surface area contributed by atoms with Crippen LogP contribution in [0.1, 0.15) is 6.42 Å². The first-order valence-electron chi connectivity index (χ1n) is 8.03. The lowest BCUT2D eigenvalue weighted by Gasteiger charge is -2.36. The molecule has 1 unspecified atom stereocenters. The summed E-state index contributed by atoms with van der Waals surface area (Å²) in [7, 11) is 2.13. The van der Waals surface area contributed by atoms with Crippen LogP contribution in [0.3, 0.4) is 0 Å². The van der Waals surface area contributed by atoms with Gasteiger partial charge in [0, 0.05) is 50.6 Å². The van der Waals surface area contributed by atoms with Gasteiger partial charge in [0.2, 0.25) is 5.91 Å². The van der Waals surface area contributed by atoms with Crippen molar-refractivity contribution in [1.82, 2.24) is 4.90 Å². The largest absolute Gasteiger partial charge is 0.367 e. The van der Waals surface area contributed by atoms with E-state index in [2.05, 4.69) is 32.9 Å². The number of benzene rings is 1. The molecule has 23 heavy (non-hydrogen) atoms. The van der Waals surface area contributed by atoms with E-state index in [1.54, 1.807) is 0 Å². The van der Waals surface area contributed by atoms with E-state index >= 15 is 0 Å². The van der Waals surface area contributed by atoms with Gasteiger partial charge < -0.3 is 14.7 Å². The average molecular weight is 314 g/mol. The van der Waals surface area contributed by atoms with Gasteiger partial charge in [0.25, 0.3) is 0 Å². The van der Waals surface area contributed by atoms with Gasteiger partial charge in [-0.1, -0.05) is 17.2 Å². The fourth-order valence-corrected chi connectivity index (χ4v) is 3.30. The fourth-order valence-electron chi connectivity index (χ4n) is 3.30. The van der Waals surface area contributed by atoms with Gasteiger partial charge in [0.05, 0.1) is 11.4 Å². The Balaban J connectivity index is 1.80. The van der Waals surface area contributed by atoms with Crippen LogP contribution in [0, 0.1) is 5.92 Å². The van der Waals surface area contributed by atoms with Crippen LogP contribution in [0.2, 0.25) is 0 Å². The molecule has 0 radical (unpaired) electrons. The third-order valence-electron chi connectivity index (χ3n) is 4.62. The number of hydrogen-bond donors (Lipinski definition) is 0. The van der Waals surface area contributed by atoms with Gasteiger partial charge in [-0.15, -0.1) is 0 Å². The molecule has 2 aliphatic heterocycles. The summed E-state index contributed by atoms with van der Waals surface area (Å²) in [6, 6.07) is 8.11. The second-order valence-electron chi connectivity index (χ2n) is 6.27. The van der Waals surface area contributed by atoms with Gasteiger partial charge in [0.15, 0.2) is 0 Å². The maximum Gasteiger partial charge on any atom is 0.227 e. The second kappa shape index (κ2) is 6.89. The van der Waals surface area contributed by atoms with Gasteiger partial charge in [-0.25, -0.2) is 0 Å². The van der Waals surface area contributed by atoms with Crippen LogP contribution in [-0.2, 0) is 4.79 Å². The molecule has 7 heteroatoms. The van der Waals surface area contributed by atoms with Crippen LogP contribution in [0.5, 0.6) is 0 Å². The van der Waals surface area contributed by atoms with Gasteiger partial charge in [-0.2, -0.15) is 0 Å². The van der Waals surface area contributed by atoms with Gasteiger partial charge in [-0.05, 0) is 30.6 Å². The lowest BCUT2D eigenvalue weighted by molar-refractivity contribution is -0.117. The van der Waals surface area contributed by atoms with Crippen LogP contribution < -0.4 is 9.80 Å². The molecule has 0 aromatic heterocycles. The highest BCUT2D eigenvalue weighted by molar-refractivity contribution is 5.99. The van der Waals surface area contributed by atoms with Gasteiger partial charge in [0.1, 0.15) is 0 Å². The summed E-state index contributed by atoms with van der Waals surface area (Å²) in [5.74, 6) is 0.226. The first-order valence-corrected chi connectivity index (χ1v) is 8.03. The van der Waals surface area contributed by atoms with E-state index in [-0.39, 0.29) is 11.8 Å². The first-order chi connectivity index (χ1) is 11.2. The zero-order valence-corrected chi connectivity index (χ0v) is 13.4. The molecule has 1 aromatic carbocycles. The van der Waals surface area contributed by atoms with Crippen LogP contribution >= 0.6 is 0 Å². The van der Waals surface area contributed by atoms with Crippen LogP contribution in [0.4, 0.5) is 11.4 Å². The van der Waals surface area contributed by atoms with E-state index in [1.807, 2.05) is 23.1 Å². The van der Waals surface area contributed by atoms with Crippen molar-refractivity contribution in [2.24, 2.45) is 11.0 Å². The topological polar surface area (TPSA) is 75.6 Å². The van der Waals surface area contributed by atoms with E-state index in [1.165, 1.54) is 0 Å². The number of anilines is 2. The fraction of sp³-hybridized carbons (Fsp3) is 0.562. The maximum atomic E-state index is 12.4. The van der Waals surface area contributed by atoms with Crippen molar-refractivity contribution in [3.8, 4) is 0 Å². The average Bonchev–Trinajstić information content (AvgIpc) is 2.94. The van der Waals surface area contributed by atoms with Crippen molar-refractivity contribution in [2.75, 3.05) is 56.1 Å². The molecule has 122 valence electrons. The number of para-hydroxylation sites is 2. The SMILES string of the molecule is CN1CCN(c2ccccc2N2CC(CN=[N+]=[N-])CC2=O)CC1. The zero-order valence-electron chi connectivity index (χ0n) is 13.4. The van der Waals surface area contributed by atoms with Crippen molar-refractivity contribution >= 4 is 17.3 Å². The minimum atomic E-state index is 0.110. The molecule has 1 atom stereocenters. The number of amides is 1. The predicted octanol–water partition coefficient (Wildman–Crippen LogP) is 2.10. The summed E-state index contributed by atoms with van der Waals surface area (Å²) in [6.45, 7) is 5.01. The van der Waals surface area contributed by atoms with E-state index in [0.29, 0.717) is 19.5 Å². The van der Waals surface area contributed by atoms with Crippen molar-refractivity contribution in [3.05, 3.63) is 34.7 Å².